The van der Waals surface area contributed by atoms with Crippen LogP contribution in [0.2, 0.25) is 0 Å². The minimum atomic E-state index is -0.182. The molecule has 0 aliphatic carbocycles. The van der Waals surface area contributed by atoms with Gasteiger partial charge in [-0.15, -0.1) is 0 Å². The molecule has 0 saturated heterocycles. The summed E-state index contributed by atoms with van der Waals surface area (Å²) in [5.41, 5.74) is 10.2. The van der Waals surface area contributed by atoms with Gasteiger partial charge in [0.05, 0.1) is 17.6 Å². The molecule has 0 radical (unpaired) electrons. The van der Waals surface area contributed by atoms with Gasteiger partial charge in [0.25, 0.3) is 5.91 Å². The average Bonchev–Trinajstić information content (AvgIpc) is 3.38. The monoisotopic (exact) mass is 575 g/mol. The third kappa shape index (κ3) is 5.59. The third-order valence-electron chi connectivity index (χ3n) is 5.48. The van der Waals surface area contributed by atoms with Crippen molar-refractivity contribution in [3.8, 4) is 5.75 Å². The second-order valence-electron chi connectivity index (χ2n) is 8.02. The van der Waals surface area contributed by atoms with Crippen LogP contribution < -0.4 is 21.1 Å². The summed E-state index contributed by atoms with van der Waals surface area (Å²) < 4.78 is 9.07. The molecule has 0 unspecified atom stereocenters. The lowest BCUT2D eigenvalue weighted by Gasteiger charge is -2.15. The first-order chi connectivity index (χ1) is 16.0. The molecule has 3 aromatic rings. The van der Waals surface area contributed by atoms with E-state index in [4.69, 9.17) is 10.5 Å². The highest BCUT2D eigenvalue weighted by atomic mass is 79.9. The van der Waals surface area contributed by atoms with E-state index in [1.165, 1.54) is 11.1 Å². The Morgan fingerprint density at radius 2 is 2.03 bits per heavy atom. The zero-order valence-electron chi connectivity index (χ0n) is 18.4. The summed E-state index contributed by atoms with van der Waals surface area (Å²) >= 11 is 7.16. The Kier molecular flexibility index (Phi) is 7.72. The van der Waals surface area contributed by atoms with E-state index < -0.39 is 0 Å². The molecule has 7 nitrogen and oxygen atoms in total. The number of hydrogen-bond acceptors (Lipinski definition) is 5. The van der Waals surface area contributed by atoms with Crippen molar-refractivity contribution in [3.63, 3.8) is 0 Å². The smallest absolute Gasteiger partial charge is 0.271 e. The topological polar surface area (TPSA) is 94.2 Å². The number of nitrogens with two attached hydrogens (primary N) is 1. The molecular formula is C24H27Br2N5O2. The molecule has 1 aliphatic rings. The highest BCUT2D eigenvalue weighted by molar-refractivity contribution is 9.10. The summed E-state index contributed by atoms with van der Waals surface area (Å²) in [7, 11) is 0. The molecule has 1 aliphatic heterocycles. The lowest BCUT2D eigenvalue weighted by Crippen LogP contribution is -2.32. The van der Waals surface area contributed by atoms with Crippen LogP contribution in [0.3, 0.4) is 0 Å². The van der Waals surface area contributed by atoms with Crippen LogP contribution in [0, 0.1) is 0 Å². The van der Waals surface area contributed by atoms with Crippen LogP contribution in [0.4, 0.5) is 5.82 Å². The summed E-state index contributed by atoms with van der Waals surface area (Å²) in [6.45, 7) is 4.09. The summed E-state index contributed by atoms with van der Waals surface area (Å²) in [5, 5.41) is 6.20. The van der Waals surface area contributed by atoms with Gasteiger partial charge in [0.1, 0.15) is 5.75 Å². The van der Waals surface area contributed by atoms with Crippen LogP contribution in [0.1, 0.15) is 34.1 Å². The highest BCUT2D eigenvalue weighted by Gasteiger charge is 2.24. The zero-order chi connectivity index (χ0) is 23.4. The average molecular weight is 577 g/mol. The fraction of sp³-hybridized carbons (Fsp3) is 0.333. The summed E-state index contributed by atoms with van der Waals surface area (Å²) in [6, 6.07) is 14.2. The molecule has 1 aromatic heterocycles. The van der Waals surface area contributed by atoms with E-state index in [0.29, 0.717) is 42.5 Å². The lowest BCUT2D eigenvalue weighted by atomic mass is 10.1. The molecule has 1 amide bonds. The zero-order valence-corrected chi connectivity index (χ0v) is 21.6. The van der Waals surface area contributed by atoms with E-state index in [9.17, 15) is 4.79 Å². The number of carbonyl (C=O) groups is 1. The van der Waals surface area contributed by atoms with Crippen molar-refractivity contribution in [2.24, 2.45) is 5.73 Å². The molecule has 0 saturated carbocycles. The molecule has 4 rings (SSSR count). The normalized spacial score (nSPS) is 13.3. The number of nitrogens with zero attached hydrogens (tertiary/aromatic N) is 2. The quantitative estimate of drug-likeness (QED) is 0.356. The minimum Gasteiger partial charge on any atom is -0.492 e. The molecular weight excluding hydrogens is 550 g/mol. The first-order valence-corrected chi connectivity index (χ1v) is 12.6. The Bertz CT molecular complexity index is 1130. The van der Waals surface area contributed by atoms with Crippen LogP contribution >= 0.6 is 31.9 Å². The Morgan fingerprint density at radius 1 is 1.24 bits per heavy atom. The second-order valence-corrected chi connectivity index (χ2v) is 9.58. The maximum absolute atomic E-state index is 13.0. The number of carbonyl (C=O) groups excluding carboxylic acids is 1. The van der Waals surface area contributed by atoms with Crippen molar-refractivity contribution in [2.45, 2.75) is 32.4 Å². The van der Waals surface area contributed by atoms with Gasteiger partial charge < -0.3 is 25.7 Å². The number of benzene rings is 2. The summed E-state index contributed by atoms with van der Waals surface area (Å²) in [4.78, 5) is 17.6. The van der Waals surface area contributed by atoms with Crippen molar-refractivity contribution < 1.29 is 9.53 Å². The molecule has 0 spiro atoms. The number of halogens is 2. The summed E-state index contributed by atoms with van der Waals surface area (Å²) in [5.74, 6) is 1.24. The van der Waals surface area contributed by atoms with Gasteiger partial charge in [-0.3, -0.25) is 4.79 Å². The number of ether oxygens (including phenoxy) is 1. The molecule has 4 N–H and O–H groups in total. The van der Waals surface area contributed by atoms with Gasteiger partial charge in [-0.05, 0) is 68.0 Å². The largest absolute Gasteiger partial charge is 0.492 e. The first-order valence-electron chi connectivity index (χ1n) is 11.0. The van der Waals surface area contributed by atoms with Gasteiger partial charge >= 0.3 is 0 Å². The van der Waals surface area contributed by atoms with Crippen LogP contribution in [0.15, 0.2) is 51.7 Å². The van der Waals surface area contributed by atoms with Crippen molar-refractivity contribution >= 4 is 43.6 Å². The van der Waals surface area contributed by atoms with E-state index in [-0.39, 0.29) is 11.9 Å². The maximum Gasteiger partial charge on any atom is 0.271 e. The minimum absolute atomic E-state index is 0.119. The number of rotatable bonds is 9. The number of nitrogens with one attached hydrogen (secondary N) is 2. The Labute approximate surface area is 210 Å². The molecule has 33 heavy (non-hydrogen) atoms. The van der Waals surface area contributed by atoms with Crippen LogP contribution in [-0.2, 0) is 19.4 Å². The van der Waals surface area contributed by atoms with E-state index >= 15 is 0 Å². The Hall–Kier alpha value is -2.36. The van der Waals surface area contributed by atoms with Gasteiger partial charge in [-0.25, -0.2) is 4.98 Å². The third-order valence-corrected chi connectivity index (χ3v) is 6.68. The van der Waals surface area contributed by atoms with E-state index in [1.807, 2.05) is 35.8 Å². The molecule has 1 atom stereocenters. The van der Waals surface area contributed by atoms with Gasteiger partial charge in [0, 0.05) is 25.6 Å². The van der Waals surface area contributed by atoms with Gasteiger partial charge in [0.15, 0.2) is 16.2 Å². The Morgan fingerprint density at radius 3 is 2.79 bits per heavy atom. The molecule has 2 heterocycles. The first kappa shape index (κ1) is 23.8. The van der Waals surface area contributed by atoms with Crippen molar-refractivity contribution in [2.75, 3.05) is 25.0 Å². The molecule has 0 bridgehead atoms. The Balaban J connectivity index is 1.56. The SMILES string of the molecule is CCNC(=O)c1c(NC[C@H](N)Cc2ccccc2)nc(Br)n1Cc1cc(Br)c2c(c1)CCO2. The predicted octanol–water partition coefficient (Wildman–Crippen LogP) is 4.12. The van der Waals surface area contributed by atoms with Crippen molar-refractivity contribution in [1.82, 2.24) is 14.9 Å². The lowest BCUT2D eigenvalue weighted by molar-refractivity contribution is 0.0947. The number of amides is 1. The summed E-state index contributed by atoms with van der Waals surface area (Å²) in [6.07, 6.45) is 1.61. The van der Waals surface area contributed by atoms with E-state index in [2.05, 4.69) is 65.7 Å². The number of aromatic nitrogens is 2. The maximum atomic E-state index is 13.0. The number of anilines is 1. The van der Waals surface area contributed by atoms with Crippen molar-refractivity contribution in [1.29, 1.82) is 0 Å². The van der Waals surface area contributed by atoms with Crippen molar-refractivity contribution in [3.05, 3.63) is 74.1 Å². The second kappa shape index (κ2) is 10.7. The predicted molar refractivity (Wildman–Crippen MR) is 137 cm³/mol. The number of imidazole rings is 1. The molecule has 174 valence electrons. The van der Waals surface area contributed by atoms with Gasteiger partial charge in [0.2, 0.25) is 0 Å². The molecule has 9 heteroatoms. The fourth-order valence-corrected chi connectivity index (χ4v) is 5.12. The number of hydrogen-bond donors (Lipinski definition) is 3. The molecule has 2 aromatic carbocycles. The van der Waals surface area contributed by atoms with Gasteiger partial charge in [-0.2, -0.15) is 0 Å². The van der Waals surface area contributed by atoms with E-state index in [1.54, 1.807) is 0 Å². The standard InChI is InChI=1S/C24H27Br2N5O2/c1-2-28-23(32)20-22(29-13-18(27)11-15-6-4-3-5-7-15)30-24(26)31(20)14-16-10-17-8-9-33-21(17)19(25)12-16/h3-7,10,12,18,29H,2,8-9,11,13-14,27H2,1H3,(H,28,32)/t18-/m1/s1. The van der Waals surface area contributed by atoms with E-state index in [0.717, 1.165) is 28.6 Å². The van der Waals surface area contributed by atoms with Crippen LogP contribution in [0.25, 0.3) is 0 Å². The number of fused-ring (bicyclic) bond motifs is 1. The van der Waals surface area contributed by atoms with Gasteiger partial charge in [-0.1, -0.05) is 36.4 Å². The molecule has 0 fully saturated rings. The van der Waals surface area contributed by atoms with Crippen LogP contribution in [0.5, 0.6) is 5.75 Å². The van der Waals surface area contributed by atoms with Crippen LogP contribution in [-0.4, -0.2) is 41.2 Å². The fourth-order valence-electron chi connectivity index (χ4n) is 3.98. The highest BCUT2D eigenvalue weighted by Crippen LogP contribution is 2.35.